The molecule has 0 saturated heterocycles. The Morgan fingerprint density at radius 2 is 1.96 bits per heavy atom. The van der Waals surface area contributed by atoms with Crippen molar-refractivity contribution in [3.8, 4) is 0 Å². The van der Waals surface area contributed by atoms with Crippen LogP contribution in [0.2, 0.25) is 0 Å². The topological polar surface area (TPSA) is 73.7 Å². The van der Waals surface area contributed by atoms with Crippen LogP contribution in [0.3, 0.4) is 0 Å². The van der Waals surface area contributed by atoms with Gasteiger partial charge in [0.1, 0.15) is 17.8 Å². The second kappa shape index (κ2) is 9.21. The second-order valence-corrected chi connectivity index (χ2v) is 5.12. The minimum absolute atomic E-state index is 0.284. The maximum Gasteiger partial charge on any atom is 0.315 e. The Bertz CT molecular complexity index is 555. The molecule has 0 spiro atoms. The van der Waals surface area contributed by atoms with E-state index in [0.29, 0.717) is 11.4 Å². The quantitative estimate of drug-likeness (QED) is 0.379. The van der Waals surface area contributed by atoms with E-state index in [1.165, 1.54) is 12.1 Å². The van der Waals surface area contributed by atoms with E-state index < -0.39 is 31.2 Å². The maximum absolute atomic E-state index is 12.9. The molecule has 0 saturated carbocycles. The molecule has 9 heteroatoms. The highest BCUT2D eigenvalue weighted by atomic mass is 32.1. The minimum Gasteiger partial charge on any atom is -0.386 e. The fourth-order valence-electron chi connectivity index (χ4n) is 1.83. The van der Waals surface area contributed by atoms with Crippen molar-refractivity contribution in [2.45, 2.75) is 25.0 Å². The Balaban J connectivity index is 2.74. The predicted molar refractivity (Wildman–Crippen MR) is 84.3 cm³/mol. The summed E-state index contributed by atoms with van der Waals surface area (Å²) in [5, 5.41) is 15.2. The van der Waals surface area contributed by atoms with Gasteiger partial charge in [-0.15, -0.1) is 0 Å². The molecule has 0 bridgehead atoms. The molecule has 1 aromatic carbocycles. The number of hydrazone groups is 1. The fraction of sp³-hybridized carbons (Fsp3) is 0.357. The highest BCUT2D eigenvalue weighted by Gasteiger charge is 2.26. The summed E-state index contributed by atoms with van der Waals surface area (Å²) in [5.41, 5.74) is 3.60. The maximum atomic E-state index is 12.9. The number of thiocarbonyl (C=S) groups is 1. The number of rotatable bonds is 8. The molecule has 2 atom stereocenters. The average molecular weight is 347 g/mol. The standard InChI is InChI=1S/C14H16F3N3O2S/c1-18-20-11(23)6-8-2-4-9(5-3-8)12(21)10(7-15)19-14(22)13(16)17/h2-5,10,12-13,21H,1,6-7H2,(H,19,22)(H,20,23). The van der Waals surface area contributed by atoms with E-state index in [-0.39, 0.29) is 5.56 Å². The number of nitrogens with one attached hydrogen (secondary N) is 2. The molecule has 23 heavy (non-hydrogen) atoms. The Kier molecular flexibility index (Phi) is 7.63. The summed E-state index contributed by atoms with van der Waals surface area (Å²) in [4.78, 5) is 11.4. The number of amides is 1. The van der Waals surface area contributed by atoms with Crippen molar-refractivity contribution < 1.29 is 23.1 Å². The lowest BCUT2D eigenvalue weighted by Crippen LogP contribution is -2.43. The van der Waals surface area contributed by atoms with Gasteiger partial charge in [-0.2, -0.15) is 13.9 Å². The Hall–Kier alpha value is -2.00. The smallest absolute Gasteiger partial charge is 0.315 e. The summed E-state index contributed by atoms with van der Waals surface area (Å²) >= 11 is 4.99. The fourth-order valence-corrected chi connectivity index (χ4v) is 2.06. The lowest BCUT2D eigenvalue weighted by atomic mass is 10.0. The Morgan fingerprint density at radius 3 is 2.43 bits per heavy atom. The van der Waals surface area contributed by atoms with Gasteiger partial charge in [-0.1, -0.05) is 36.5 Å². The number of benzene rings is 1. The van der Waals surface area contributed by atoms with Crippen molar-refractivity contribution in [2.24, 2.45) is 5.10 Å². The molecule has 2 unspecified atom stereocenters. The third kappa shape index (κ3) is 5.95. The van der Waals surface area contributed by atoms with Crippen LogP contribution < -0.4 is 10.7 Å². The van der Waals surface area contributed by atoms with Crippen LogP contribution in [0.25, 0.3) is 0 Å². The van der Waals surface area contributed by atoms with E-state index in [1.54, 1.807) is 17.4 Å². The molecular weight excluding hydrogens is 331 g/mol. The van der Waals surface area contributed by atoms with E-state index in [9.17, 15) is 23.1 Å². The molecule has 0 aliphatic heterocycles. The van der Waals surface area contributed by atoms with Gasteiger partial charge in [-0.25, -0.2) is 4.39 Å². The van der Waals surface area contributed by atoms with Crippen LogP contribution in [0.1, 0.15) is 17.2 Å². The molecule has 1 amide bonds. The van der Waals surface area contributed by atoms with E-state index in [4.69, 9.17) is 12.2 Å². The number of hydrogen-bond acceptors (Lipinski definition) is 4. The molecule has 0 heterocycles. The van der Waals surface area contributed by atoms with Gasteiger partial charge in [0.15, 0.2) is 0 Å². The molecule has 0 aliphatic rings. The molecular formula is C14H16F3N3O2S. The van der Waals surface area contributed by atoms with Crippen molar-refractivity contribution in [1.82, 2.24) is 10.7 Å². The zero-order valence-electron chi connectivity index (χ0n) is 12.0. The van der Waals surface area contributed by atoms with Crippen LogP contribution >= 0.6 is 12.2 Å². The number of aliphatic hydroxyl groups excluding tert-OH is 1. The van der Waals surface area contributed by atoms with Crippen molar-refractivity contribution in [2.75, 3.05) is 6.67 Å². The van der Waals surface area contributed by atoms with Gasteiger partial charge in [-0.3, -0.25) is 10.2 Å². The normalized spacial score (nSPS) is 13.3. The molecule has 1 aromatic rings. The van der Waals surface area contributed by atoms with Gasteiger partial charge in [0.2, 0.25) is 0 Å². The van der Waals surface area contributed by atoms with E-state index in [1.807, 2.05) is 0 Å². The monoisotopic (exact) mass is 347 g/mol. The highest BCUT2D eigenvalue weighted by Crippen LogP contribution is 2.19. The number of halogens is 3. The number of carbonyl (C=O) groups is 1. The zero-order valence-corrected chi connectivity index (χ0v) is 12.8. The van der Waals surface area contributed by atoms with Crippen LogP contribution in [0, 0.1) is 0 Å². The third-order valence-corrected chi connectivity index (χ3v) is 3.20. The Morgan fingerprint density at radius 1 is 1.35 bits per heavy atom. The van der Waals surface area contributed by atoms with Gasteiger partial charge in [0.25, 0.3) is 5.91 Å². The summed E-state index contributed by atoms with van der Waals surface area (Å²) in [6.45, 7) is 2.06. The number of aliphatic hydroxyl groups is 1. The van der Waals surface area contributed by atoms with Crippen molar-refractivity contribution in [3.05, 3.63) is 35.4 Å². The summed E-state index contributed by atoms with van der Waals surface area (Å²) in [6.07, 6.45) is -4.33. The van der Waals surface area contributed by atoms with Gasteiger partial charge < -0.3 is 10.4 Å². The molecule has 3 N–H and O–H groups in total. The van der Waals surface area contributed by atoms with E-state index in [2.05, 4.69) is 17.2 Å². The lowest BCUT2D eigenvalue weighted by molar-refractivity contribution is -0.133. The molecule has 0 fully saturated rings. The van der Waals surface area contributed by atoms with Gasteiger partial charge in [-0.05, 0) is 11.1 Å². The first-order valence-corrected chi connectivity index (χ1v) is 6.95. The second-order valence-electron chi connectivity index (χ2n) is 4.63. The molecule has 0 aromatic heterocycles. The van der Waals surface area contributed by atoms with Crippen LogP contribution in [-0.2, 0) is 11.2 Å². The summed E-state index contributed by atoms with van der Waals surface area (Å²) < 4.78 is 37.3. The van der Waals surface area contributed by atoms with Crippen molar-refractivity contribution >= 4 is 29.8 Å². The van der Waals surface area contributed by atoms with E-state index in [0.717, 1.165) is 5.56 Å². The molecule has 0 radical (unpaired) electrons. The number of nitrogens with zero attached hydrogens (tertiary/aromatic N) is 1. The van der Waals surface area contributed by atoms with Crippen LogP contribution in [0.4, 0.5) is 13.2 Å². The van der Waals surface area contributed by atoms with E-state index >= 15 is 0 Å². The highest BCUT2D eigenvalue weighted by molar-refractivity contribution is 7.80. The summed E-state index contributed by atoms with van der Waals surface area (Å²) in [6, 6.07) is 4.83. The van der Waals surface area contributed by atoms with Crippen molar-refractivity contribution in [3.63, 3.8) is 0 Å². The first-order chi connectivity index (χ1) is 10.9. The SMILES string of the molecule is C=NNC(=S)Cc1ccc(C(O)C(CF)NC(=O)C(F)F)cc1. The zero-order chi connectivity index (χ0) is 17.4. The predicted octanol–water partition coefficient (Wildman–Crippen LogP) is 1.51. The summed E-state index contributed by atoms with van der Waals surface area (Å²) in [5.74, 6) is -1.63. The average Bonchev–Trinajstić information content (AvgIpc) is 2.52. The molecule has 1 rings (SSSR count). The van der Waals surface area contributed by atoms with Gasteiger partial charge in [0.05, 0.1) is 6.04 Å². The van der Waals surface area contributed by atoms with Crippen LogP contribution in [-0.4, -0.2) is 41.9 Å². The molecule has 5 nitrogen and oxygen atoms in total. The third-order valence-electron chi connectivity index (χ3n) is 2.96. The Labute approximate surface area is 136 Å². The number of hydrogen-bond donors (Lipinski definition) is 3. The molecule has 126 valence electrons. The molecule has 0 aliphatic carbocycles. The number of alkyl halides is 3. The van der Waals surface area contributed by atoms with Crippen LogP contribution in [0.15, 0.2) is 29.4 Å². The minimum atomic E-state index is -3.27. The van der Waals surface area contributed by atoms with Gasteiger partial charge >= 0.3 is 6.43 Å². The van der Waals surface area contributed by atoms with Crippen LogP contribution in [0.5, 0.6) is 0 Å². The number of carbonyl (C=O) groups excluding carboxylic acids is 1. The summed E-state index contributed by atoms with van der Waals surface area (Å²) in [7, 11) is 0. The first kappa shape index (κ1) is 19.0. The lowest BCUT2D eigenvalue weighted by Gasteiger charge is -2.22. The first-order valence-electron chi connectivity index (χ1n) is 6.55. The van der Waals surface area contributed by atoms with Crippen molar-refractivity contribution in [1.29, 1.82) is 0 Å². The largest absolute Gasteiger partial charge is 0.386 e. The van der Waals surface area contributed by atoms with Gasteiger partial charge in [0, 0.05) is 13.1 Å².